The molecular weight excluding hydrogens is 208 g/mol. The Morgan fingerprint density at radius 3 is 2.94 bits per heavy atom. The molecule has 2 aromatic heterocycles. The van der Waals surface area contributed by atoms with Crippen molar-refractivity contribution < 1.29 is 0 Å². The van der Waals surface area contributed by atoms with Gasteiger partial charge >= 0.3 is 0 Å². The molecule has 0 aliphatic heterocycles. The Hall–Kier alpha value is -2.22. The number of aromatic nitrogens is 2. The molecule has 1 aromatic carbocycles. The zero-order chi connectivity index (χ0) is 11.2. The summed E-state index contributed by atoms with van der Waals surface area (Å²) in [6.45, 7) is 0. The molecule has 0 spiro atoms. The van der Waals surface area contributed by atoms with Crippen molar-refractivity contribution in [2.45, 2.75) is 6.42 Å². The van der Waals surface area contributed by atoms with Gasteiger partial charge < -0.3 is 0 Å². The second-order valence-corrected chi connectivity index (χ2v) is 4.41. The number of fused-ring (bicyclic) bond motifs is 4. The van der Waals surface area contributed by atoms with Crippen molar-refractivity contribution >= 4 is 10.8 Å². The Morgan fingerprint density at radius 1 is 0.941 bits per heavy atom. The smallest absolute Gasteiger partial charge is 0.0525 e. The van der Waals surface area contributed by atoms with Gasteiger partial charge in [-0.25, -0.2) is 0 Å². The van der Waals surface area contributed by atoms with Gasteiger partial charge in [-0.2, -0.15) is 0 Å². The fraction of sp³-hybridized carbons (Fsp3) is 0.0667. The van der Waals surface area contributed by atoms with Crippen LogP contribution in [0.1, 0.15) is 11.3 Å². The largest absolute Gasteiger partial charge is 0.264 e. The van der Waals surface area contributed by atoms with E-state index in [4.69, 9.17) is 0 Å². The molecule has 0 bridgehead atoms. The molecule has 2 heteroatoms. The Balaban J connectivity index is 2.07. The van der Waals surface area contributed by atoms with E-state index in [1.165, 1.54) is 33.2 Å². The molecule has 0 unspecified atom stereocenters. The monoisotopic (exact) mass is 218 g/mol. The molecule has 80 valence electrons. The highest BCUT2D eigenvalue weighted by Crippen LogP contribution is 2.37. The molecule has 17 heavy (non-hydrogen) atoms. The molecule has 3 aromatic rings. The number of nitrogens with zero attached hydrogens (tertiary/aromatic N) is 2. The van der Waals surface area contributed by atoms with Crippen LogP contribution in [0.2, 0.25) is 0 Å². The first-order valence-corrected chi connectivity index (χ1v) is 5.73. The first-order valence-electron chi connectivity index (χ1n) is 5.73. The maximum Gasteiger partial charge on any atom is 0.0525 e. The molecule has 0 saturated carbocycles. The predicted octanol–water partition coefficient (Wildman–Crippen LogP) is 3.20. The van der Waals surface area contributed by atoms with Crippen LogP contribution in [0, 0.1) is 0 Å². The molecule has 0 N–H and O–H groups in total. The highest BCUT2D eigenvalue weighted by Gasteiger charge is 2.19. The maximum absolute atomic E-state index is 4.45. The highest BCUT2D eigenvalue weighted by molar-refractivity contribution is 5.90. The molecule has 4 rings (SSSR count). The van der Waals surface area contributed by atoms with Gasteiger partial charge in [0.2, 0.25) is 0 Å². The van der Waals surface area contributed by atoms with Crippen molar-refractivity contribution in [2.75, 3.05) is 0 Å². The quantitative estimate of drug-likeness (QED) is 0.453. The number of rotatable bonds is 0. The minimum absolute atomic E-state index is 0.948. The molecule has 0 atom stereocenters. The summed E-state index contributed by atoms with van der Waals surface area (Å²) in [5, 5.41) is 2.45. The van der Waals surface area contributed by atoms with Gasteiger partial charge in [0, 0.05) is 36.0 Å². The van der Waals surface area contributed by atoms with E-state index in [1.807, 2.05) is 24.7 Å². The molecule has 0 amide bonds. The van der Waals surface area contributed by atoms with Crippen LogP contribution in [0.5, 0.6) is 0 Å². The van der Waals surface area contributed by atoms with Gasteiger partial charge in [-0.05, 0) is 34.7 Å². The summed E-state index contributed by atoms with van der Waals surface area (Å²) in [7, 11) is 0. The van der Waals surface area contributed by atoms with Crippen LogP contribution in [0.25, 0.3) is 21.9 Å². The van der Waals surface area contributed by atoms with E-state index in [0.29, 0.717) is 0 Å². The van der Waals surface area contributed by atoms with E-state index in [9.17, 15) is 0 Å². The summed E-state index contributed by atoms with van der Waals surface area (Å²) < 4.78 is 0. The third kappa shape index (κ3) is 1.21. The molecular formula is C15H10N2. The van der Waals surface area contributed by atoms with Gasteiger partial charge in [0.25, 0.3) is 0 Å². The summed E-state index contributed by atoms with van der Waals surface area (Å²) in [6.07, 6.45) is 6.58. The van der Waals surface area contributed by atoms with Crippen LogP contribution < -0.4 is 0 Å². The summed E-state index contributed by atoms with van der Waals surface area (Å²) in [6, 6.07) is 10.7. The Bertz CT molecular complexity index is 732. The second-order valence-electron chi connectivity index (χ2n) is 4.41. The number of benzene rings is 1. The molecule has 1 aliphatic carbocycles. The van der Waals surface area contributed by atoms with Crippen molar-refractivity contribution in [1.29, 1.82) is 0 Å². The van der Waals surface area contributed by atoms with Crippen molar-refractivity contribution in [3.63, 3.8) is 0 Å². The van der Waals surface area contributed by atoms with E-state index in [2.05, 4.69) is 34.2 Å². The third-order valence-corrected chi connectivity index (χ3v) is 3.40. The first-order chi connectivity index (χ1) is 8.42. The first kappa shape index (κ1) is 8.88. The molecule has 2 heterocycles. The lowest BCUT2D eigenvalue weighted by atomic mass is 10.0. The molecule has 2 nitrogen and oxygen atoms in total. The van der Waals surface area contributed by atoms with E-state index in [0.717, 1.165) is 6.42 Å². The van der Waals surface area contributed by atoms with Gasteiger partial charge in [0.15, 0.2) is 0 Å². The van der Waals surface area contributed by atoms with Crippen LogP contribution in [-0.2, 0) is 6.42 Å². The molecule has 0 radical (unpaired) electrons. The summed E-state index contributed by atoms with van der Waals surface area (Å²) in [4.78, 5) is 8.63. The van der Waals surface area contributed by atoms with Crippen LogP contribution in [0.4, 0.5) is 0 Å². The minimum Gasteiger partial charge on any atom is -0.264 e. The van der Waals surface area contributed by atoms with Crippen LogP contribution in [-0.4, -0.2) is 9.97 Å². The second kappa shape index (κ2) is 3.14. The lowest BCUT2D eigenvalue weighted by Crippen LogP contribution is -1.84. The van der Waals surface area contributed by atoms with Crippen molar-refractivity contribution in [2.24, 2.45) is 0 Å². The molecule has 0 fully saturated rings. The van der Waals surface area contributed by atoms with Gasteiger partial charge in [0.05, 0.1) is 5.69 Å². The van der Waals surface area contributed by atoms with Gasteiger partial charge in [-0.3, -0.25) is 9.97 Å². The zero-order valence-corrected chi connectivity index (χ0v) is 9.22. The highest BCUT2D eigenvalue weighted by atomic mass is 14.7. The zero-order valence-electron chi connectivity index (χ0n) is 9.22. The average Bonchev–Trinajstić information content (AvgIpc) is 2.73. The van der Waals surface area contributed by atoms with Crippen molar-refractivity contribution in [3.05, 3.63) is 60.2 Å². The van der Waals surface area contributed by atoms with E-state index >= 15 is 0 Å². The van der Waals surface area contributed by atoms with E-state index in [1.54, 1.807) is 0 Å². The Morgan fingerprint density at radius 2 is 1.94 bits per heavy atom. The van der Waals surface area contributed by atoms with Crippen LogP contribution in [0.3, 0.4) is 0 Å². The lowest BCUT2D eigenvalue weighted by molar-refractivity contribution is 1.12. The SMILES string of the molecule is c1cnc2c(c1)-c1cc3cnccc3cc1C2. The minimum atomic E-state index is 0.948. The Labute approximate surface area is 99.0 Å². The molecule has 1 aliphatic rings. The Kier molecular flexibility index (Phi) is 1.64. The van der Waals surface area contributed by atoms with Crippen molar-refractivity contribution in [1.82, 2.24) is 9.97 Å². The summed E-state index contributed by atoms with van der Waals surface area (Å²) >= 11 is 0. The van der Waals surface area contributed by atoms with E-state index < -0.39 is 0 Å². The van der Waals surface area contributed by atoms with Gasteiger partial charge in [-0.1, -0.05) is 12.1 Å². The van der Waals surface area contributed by atoms with Gasteiger partial charge in [0.1, 0.15) is 0 Å². The third-order valence-electron chi connectivity index (χ3n) is 3.40. The van der Waals surface area contributed by atoms with Crippen LogP contribution >= 0.6 is 0 Å². The van der Waals surface area contributed by atoms with Gasteiger partial charge in [-0.15, -0.1) is 0 Å². The topological polar surface area (TPSA) is 25.8 Å². The summed E-state index contributed by atoms with van der Waals surface area (Å²) in [5.74, 6) is 0. The number of pyridine rings is 2. The lowest BCUT2D eigenvalue weighted by Gasteiger charge is -2.03. The predicted molar refractivity (Wildman–Crippen MR) is 67.8 cm³/mol. The molecule has 0 saturated heterocycles. The average molecular weight is 218 g/mol. The fourth-order valence-electron chi connectivity index (χ4n) is 2.58. The fourth-order valence-corrected chi connectivity index (χ4v) is 2.58. The van der Waals surface area contributed by atoms with Crippen molar-refractivity contribution in [3.8, 4) is 11.1 Å². The van der Waals surface area contributed by atoms with E-state index in [-0.39, 0.29) is 0 Å². The number of hydrogen-bond donors (Lipinski definition) is 0. The maximum atomic E-state index is 4.45. The summed E-state index contributed by atoms with van der Waals surface area (Å²) in [5.41, 5.74) is 5.14. The normalized spacial score (nSPS) is 12.5. The van der Waals surface area contributed by atoms with Crippen LogP contribution in [0.15, 0.2) is 48.9 Å². The standard InChI is InChI=1S/C15H10N2/c1-2-13-14-7-12-9-16-5-3-10(12)6-11(14)8-15(13)17-4-1/h1-7,9H,8H2. The number of hydrogen-bond acceptors (Lipinski definition) is 2.